The molecule has 0 unspecified atom stereocenters. The Labute approximate surface area is 321 Å². The molecule has 0 fully saturated rings. The molecular formula is C52H30N4. The molecule has 0 saturated carbocycles. The molecule has 4 heteroatoms. The first kappa shape index (κ1) is 29.8. The summed E-state index contributed by atoms with van der Waals surface area (Å²) in [5.41, 5.74) is 14.4. The highest BCUT2D eigenvalue weighted by molar-refractivity contribution is 6.27. The van der Waals surface area contributed by atoms with E-state index in [0.717, 1.165) is 50.4 Å². The molecule has 0 radical (unpaired) electrons. The lowest BCUT2D eigenvalue weighted by atomic mass is 9.90. The fraction of sp³-hybridized carbons (Fsp3) is 0. The topological polar surface area (TPSA) is 35.6 Å². The van der Waals surface area contributed by atoms with Gasteiger partial charge in [0, 0.05) is 43.7 Å². The van der Waals surface area contributed by atoms with E-state index in [0.29, 0.717) is 0 Å². The van der Waals surface area contributed by atoms with Gasteiger partial charge in [-0.15, -0.1) is 0 Å². The summed E-state index contributed by atoms with van der Waals surface area (Å²) in [6.07, 6.45) is 0. The van der Waals surface area contributed by atoms with Gasteiger partial charge in [0.05, 0.1) is 33.1 Å². The zero-order chi connectivity index (χ0) is 36.5. The summed E-state index contributed by atoms with van der Waals surface area (Å²) in [5, 5.41) is 9.92. The first-order valence-corrected chi connectivity index (χ1v) is 19.2. The van der Waals surface area contributed by atoms with Gasteiger partial charge in [-0.1, -0.05) is 133 Å². The van der Waals surface area contributed by atoms with Gasteiger partial charge in [0.2, 0.25) is 0 Å². The minimum absolute atomic E-state index is 0.864. The molecule has 12 aromatic rings. The van der Waals surface area contributed by atoms with Crippen LogP contribution in [0.1, 0.15) is 0 Å². The number of aromatic nitrogens is 4. The monoisotopic (exact) mass is 710 g/mol. The van der Waals surface area contributed by atoms with Crippen molar-refractivity contribution in [3.63, 3.8) is 0 Å². The summed E-state index contributed by atoms with van der Waals surface area (Å²) in [5.74, 6) is 0.864. The first-order valence-electron chi connectivity index (χ1n) is 19.2. The van der Waals surface area contributed by atoms with E-state index in [1.54, 1.807) is 0 Å². The standard InChI is InChI=1S/C52H30N4/c1-2-14-33(15-3-1)55-47-28-25-31-13-4-5-16-35(31)48(47)41-27-26-37-34(20-12-21-40(37)50(41)55)32-29-42-36-17-6-7-19-39(36)49-52(54-45-23-10-9-22-44(45)53-49)56-46-24-11-8-18-38(46)43(30-32)51(42)56/h1-30H. The van der Waals surface area contributed by atoms with Gasteiger partial charge in [0.25, 0.3) is 0 Å². The van der Waals surface area contributed by atoms with Crippen LogP contribution in [-0.4, -0.2) is 19.1 Å². The fourth-order valence-electron chi connectivity index (χ4n) is 9.66. The quantitative estimate of drug-likeness (QED) is 0.179. The van der Waals surface area contributed by atoms with E-state index in [1.165, 1.54) is 70.8 Å². The fourth-order valence-corrected chi connectivity index (χ4v) is 9.66. The Morgan fingerprint density at radius 2 is 1.05 bits per heavy atom. The number of hydrogen-bond donors (Lipinski definition) is 0. The average molecular weight is 711 g/mol. The Balaban J connectivity index is 1.16. The van der Waals surface area contributed by atoms with Crippen molar-refractivity contribution in [2.75, 3.05) is 0 Å². The minimum Gasteiger partial charge on any atom is -0.309 e. The number of para-hydroxylation sites is 4. The number of rotatable bonds is 2. The number of hydrogen-bond acceptors (Lipinski definition) is 2. The SMILES string of the molecule is c1ccc(-n2c3ccc4ccccc4c3c3ccc4c(-c5cc6c7c(c5)c5ccccc5n7-c5nc7ccccc7nc5-c5ccccc5-6)cccc4c32)cc1. The molecule has 4 nitrogen and oxygen atoms in total. The van der Waals surface area contributed by atoms with Gasteiger partial charge < -0.3 is 4.57 Å². The van der Waals surface area contributed by atoms with E-state index < -0.39 is 0 Å². The van der Waals surface area contributed by atoms with Gasteiger partial charge in [-0.3, -0.25) is 4.57 Å². The molecule has 56 heavy (non-hydrogen) atoms. The van der Waals surface area contributed by atoms with E-state index >= 15 is 0 Å². The highest BCUT2D eigenvalue weighted by Crippen LogP contribution is 2.49. The van der Waals surface area contributed by atoms with Crippen molar-refractivity contribution in [1.82, 2.24) is 19.1 Å². The van der Waals surface area contributed by atoms with E-state index in [-0.39, 0.29) is 0 Å². The minimum atomic E-state index is 0.864. The molecular weight excluding hydrogens is 681 g/mol. The van der Waals surface area contributed by atoms with Crippen molar-refractivity contribution in [1.29, 1.82) is 0 Å². The molecule has 0 bridgehead atoms. The predicted molar refractivity (Wildman–Crippen MR) is 233 cm³/mol. The summed E-state index contributed by atoms with van der Waals surface area (Å²) in [7, 11) is 0. The largest absolute Gasteiger partial charge is 0.309 e. The van der Waals surface area contributed by atoms with Gasteiger partial charge in [0.1, 0.15) is 5.69 Å². The van der Waals surface area contributed by atoms with Crippen molar-refractivity contribution >= 4 is 76.2 Å². The number of benzene rings is 9. The van der Waals surface area contributed by atoms with Gasteiger partial charge in [-0.25, -0.2) is 9.97 Å². The van der Waals surface area contributed by atoms with E-state index in [9.17, 15) is 0 Å². The van der Waals surface area contributed by atoms with E-state index in [1.807, 2.05) is 12.1 Å². The third kappa shape index (κ3) is 3.92. The lowest BCUT2D eigenvalue weighted by Crippen LogP contribution is -2.02. The summed E-state index contributed by atoms with van der Waals surface area (Å²) in [6.45, 7) is 0. The molecule has 0 aliphatic carbocycles. The smallest absolute Gasteiger partial charge is 0.165 e. The Kier molecular flexibility index (Phi) is 5.86. The second kappa shape index (κ2) is 11.0. The molecule has 0 N–H and O–H groups in total. The van der Waals surface area contributed by atoms with Crippen LogP contribution in [-0.2, 0) is 0 Å². The Hall–Kier alpha value is -7.56. The zero-order valence-corrected chi connectivity index (χ0v) is 30.1. The zero-order valence-electron chi connectivity index (χ0n) is 30.1. The summed E-state index contributed by atoms with van der Waals surface area (Å²) < 4.78 is 4.82. The third-order valence-corrected chi connectivity index (χ3v) is 12.0. The average Bonchev–Trinajstić information content (AvgIpc) is 3.75. The second-order valence-electron chi connectivity index (χ2n) is 14.9. The molecule has 1 aliphatic heterocycles. The summed E-state index contributed by atoms with van der Waals surface area (Å²) >= 11 is 0. The molecule has 0 atom stereocenters. The Morgan fingerprint density at radius 3 is 1.95 bits per heavy atom. The van der Waals surface area contributed by atoms with Crippen molar-refractivity contribution < 1.29 is 0 Å². The Bertz CT molecular complexity index is 3650. The highest BCUT2D eigenvalue weighted by Gasteiger charge is 2.28. The lowest BCUT2D eigenvalue weighted by Gasteiger charge is -2.14. The van der Waals surface area contributed by atoms with Crippen LogP contribution in [0.5, 0.6) is 0 Å². The van der Waals surface area contributed by atoms with Crippen molar-refractivity contribution in [3.05, 3.63) is 182 Å². The molecule has 0 amide bonds. The number of nitrogens with zero attached hydrogens (tertiary/aromatic N) is 4. The molecule has 4 heterocycles. The van der Waals surface area contributed by atoms with Crippen LogP contribution >= 0.6 is 0 Å². The maximum atomic E-state index is 5.34. The van der Waals surface area contributed by atoms with Crippen LogP contribution in [0.2, 0.25) is 0 Å². The van der Waals surface area contributed by atoms with Crippen molar-refractivity contribution in [2.45, 2.75) is 0 Å². The first-order chi connectivity index (χ1) is 27.8. The Morgan fingerprint density at radius 1 is 0.357 bits per heavy atom. The van der Waals surface area contributed by atoms with Crippen LogP contribution in [0.4, 0.5) is 0 Å². The van der Waals surface area contributed by atoms with Crippen LogP contribution in [0.25, 0.3) is 121 Å². The molecule has 3 aromatic heterocycles. The lowest BCUT2D eigenvalue weighted by molar-refractivity contribution is 1.09. The second-order valence-corrected chi connectivity index (χ2v) is 14.9. The molecule has 9 aromatic carbocycles. The molecule has 0 spiro atoms. The van der Waals surface area contributed by atoms with Gasteiger partial charge in [-0.2, -0.15) is 0 Å². The van der Waals surface area contributed by atoms with E-state index in [2.05, 4.69) is 179 Å². The van der Waals surface area contributed by atoms with Gasteiger partial charge in [0.15, 0.2) is 5.82 Å². The van der Waals surface area contributed by atoms with Crippen LogP contribution in [0.15, 0.2) is 182 Å². The molecule has 0 saturated heterocycles. The van der Waals surface area contributed by atoms with Gasteiger partial charge >= 0.3 is 0 Å². The van der Waals surface area contributed by atoms with Crippen molar-refractivity contribution in [3.8, 4) is 45.0 Å². The molecule has 1 aliphatic rings. The number of fused-ring (bicyclic) bond motifs is 16. The summed E-state index contributed by atoms with van der Waals surface area (Å²) in [4.78, 5) is 10.6. The van der Waals surface area contributed by atoms with Crippen LogP contribution in [0, 0.1) is 0 Å². The maximum absolute atomic E-state index is 5.34. The van der Waals surface area contributed by atoms with Crippen LogP contribution in [0.3, 0.4) is 0 Å². The summed E-state index contributed by atoms with van der Waals surface area (Å²) in [6, 6.07) is 66.1. The third-order valence-electron chi connectivity index (χ3n) is 12.0. The predicted octanol–water partition coefficient (Wildman–Crippen LogP) is 13.4. The van der Waals surface area contributed by atoms with Crippen LogP contribution < -0.4 is 0 Å². The normalized spacial score (nSPS) is 12.3. The van der Waals surface area contributed by atoms with E-state index in [4.69, 9.17) is 9.97 Å². The maximum Gasteiger partial charge on any atom is 0.165 e. The van der Waals surface area contributed by atoms with Crippen molar-refractivity contribution in [2.24, 2.45) is 0 Å². The molecule has 13 rings (SSSR count). The highest BCUT2D eigenvalue weighted by atomic mass is 15.1. The molecule has 258 valence electrons. The van der Waals surface area contributed by atoms with Gasteiger partial charge in [-0.05, 0) is 81.4 Å².